The predicted octanol–water partition coefficient (Wildman–Crippen LogP) is 1.12. The molecule has 1 rings (SSSR count). The minimum atomic E-state index is -0.804. The molecule has 6 heteroatoms. The summed E-state index contributed by atoms with van der Waals surface area (Å²) in [5, 5.41) is 5.18. The standard InChI is InChI=1S/C16H22N2O4/c1-4-17-13(19)10-22-16(21)14(11(2)3)18-15(20)12-8-6-5-7-9-12/h5-9,11,14H,4,10H2,1-3H3,(H,17,19)(H,18,20)/t14-/m1/s1. The summed E-state index contributed by atoms with van der Waals surface area (Å²) in [6.45, 7) is 5.48. The lowest BCUT2D eigenvalue weighted by Crippen LogP contribution is -2.46. The highest BCUT2D eigenvalue weighted by Gasteiger charge is 2.26. The molecule has 2 N–H and O–H groups in total. The molecule has 0 heterocycles. The van der Waals surface area contributed by atoms with Crippen LogP contribution in [0, 0.1) is 5.92 Å². The van der Waals surface area contributed by atoms with Crippen LogP contribution in [-0.4, -0.2) is 37.0 Å². The Morgan fingerprint density at radius 3 is 2.32 bits per heavy atom. The zero-order valence-electron chi connectivity index (χ0n) is 13.1. The maximum absolute atomic E-state index is 12.1. The van der Waals surface area contributed by atoms with Crippen molar-refractivity contribution in [3.05, 3.63) is 35.9 Å². The van der Waals surface area contributed by atoms with Gasteiger partial charge in [-0.15, -0.1) is 0 Å². The summed E-state index contributed by atoms with van der Waals surface area (Å²) in [5.74, 6) is -1.50. The molecule has 0 aliphatic carbocycles. The quantitative estimate of drug-likeness (QED) is 0.739. The first-order valence-electron chi connectivity index (χ1n) is 7.25. The lowest BCUT2D eigenvalue weighted by Gasteiger charge is -2.20. The van der Waals surface area contributed by atoms with Crippen LogP contribution < -0.4 is 10.6 Å². The molecule has 0 radical (unpaired) electrons. The van der Waals surface area contributed by atoms with Gasteiger partial charge >= 0.3 is 5.97 Å². The number of likely N-dealkylation sites (N-methyl/N-ethyl adjacent to an activating group) is 1. The predicted molar refractivity (Wildman–Crippen MR) is 82.2 cm³/mol. The second-order valence-electron chi connectivity index (χ2n) is 5.12. The Morgan fingerprint density at radius 2 is 1.77 bits per heavy atom. The average Bonchev–Trinajstić information content (AvgIpc) is 2.51. The SMILES string of the molecule is CCNC(=O)COC(=O)[C@H](NC(=O)c1ccccc1)C(C)C. The summed E-state index contributed by atoms with van der Waals surface area (Å²) in [5.41, 5.74) is 0.463. The topological polar surface area (TPSA) is 84.5 Å². The molecule has 0 spiro atoms. The number of benzene rings is 1. The van der Waals surface area contributed by atoms with Crippen molar-refractivity contribution in [2.45, 2.75) is 26.8 Å². The van der Waals surface area contributed by atoms with Crippen LogP contribution >= 0.6 is 0 Å². The van der Waals surface area contributed by atoms with Crippen molar-refractivity contribution >= 4 is 17.8 Å². The minimum absolute atomic E-state index is 0.158. The fourth-order valence-corrected chi connectivity index (χ4v) is 1.79. The third-order valence-electron chi connectivity index (χ3n) is 2.96. The van der Waals surface area contributed by atoms with Gasteiger partial charge in [-0.25, -0.2) is 4.79 Å². The summed E-state index contributed by atoms with van der Waals surface area (Å²) in [4.78, 5) is 35.5. The van der Waals surface area contributed by atoms with Gasteiger partial charge in [-0.05, 0) is 25.0 Å². The van der Waals surface area contributed by atoms with Gasteiger partial charge in [-0.1, -0.05) is 32.0 Å². The summed E-state index contributed by atoms with van der Waals surface area (Å²) in [6.07, 6.45) is 0. The molecule has 0 aromatic heterocycles. The maximum atomic E-state index is 12.1. The molecular formula is C16H22N2O4. The summed E-state index contributed by atoms with van der Waals surface area (Å²) >= 11 is 0. The zero-order chi connectivity index (χ0) is 16.5. The average molecular weight is 306 g/mol. The van der Waals surface area contributed by atoms with E-state index in [-0.39, 0.29) is 24.3 Å². The van der Waals surface area contributed by atoms with Gasteiger partial charge in [-0.2, -0.15) is 0 Å². The highest BCUT2D eigenvalue weighted by atomic mass is 16.5. The molecule has 1 atom stereocenters. The molecule has 0 saturated carbocycles. The van der Waals surface area contributed by atoms with E-state index in [9.17, 15) is 14.4 Å². The molecule has 6 nitrogen and oxygen atoms in total. The first-order valence-corrected chi connectivity index (χ1v) is 7.25. The van der Waals surface area contributed by atoms with Crippen LogP contribution in [0.15, 0.2) is 30.3 Å². The number of esters is 1. The third kappa shape index (κ3) is 5.55. The Morgan fingerprint density at radius 1 is 1.14 bits per heavy atom. The summed E-state index contributed by atoms with van der Waals surface area (Å²) in [6, 6.07) is 7.80. The van der Waals surface area contributed by atoms with Gasteiger partial charge in [0.25, 0.3) is 11.8 Å². The highest BCUT2D eigenvalue weighted by molar-refractivity contribution is 5.97. The molecule has 1 aromatic rings. The molecule has 0 fully saturated rings. The van der Waals surface area contributed by atoms with E-state index in [1.54, 1.807) is 51.1 Å². The monoisotopic (exact) mass is 306 g/mol. The smallest absolute Gasteiger partial charge is 0.329 e. The van der Waals surface area contributed by atoms with E-state index in [0.29, 0.717) is 12.1 Å². The molecule has 1 aromatic carbocycles. The van der Waals surface area contributed by atoms with Crippen molar-refractivity contribution in [2.75, 3.05) is 13.2 Å². The van der Waals surface area contributed by atoms with Gasteiger partial charge in [-0.3, -0.25) is 9.59 Å². The number of hydrogen-bond acceptors (Lipinski definition) is 4. The first-order chi connectivity index (χ1) is 10.5. The molecule has 0 saturated heterocycles. The van der Waals surface area contributed by atoms with Gasteiger partial charge in [0.15, 0.2) is 6.61 Å². The van der Waals surface area contributed by atoms with Crippen molar-refractivity contribution < 1.29 is 19.1 Å². The normalized spacial score (nSPS) is 11.6. The third-order valence-corrected chi connectivity index (χ3v) is 2.96. The second kappa shape index (κ2) is 8.81. The summed E-state index contributed by atoms with van der Waals surface area (Å²) in [7, 11) is 0. The van der Waals surface area contributed by atoms with Crippen LogP contribution in [0.25, 0.3) is 0 Å². The number of rotatable bonds is 7. The number of carbonyl (C=O) groups excluding carboxylic acids is 3. The van der Waals surface area contributed by atoms with E-state index >= 15 is 0 Å². The van der Waals surface area contributed by atoms with Gasteiger partial charge in [0.05, 0.1) is 0 Å². The molecule has 120 valence electrons. The van der Waals surface area contributed by atoms with Crippen LogP contribution in [0.2, 0.25) is 0 Å². The van der Waals surface area contributed by atoms with E-state index in [0.717, 1.165) is 0 Å². The fourth-order valence-electron chi connectivity index (χ4n) is 1.79. The lowest BCUT2D eigenvalue weighted by atomic mass is 10.0. The van der Waals surface area contributed by atoms with E-state index in [1.165, 1.54) is 0 Å². The Labute approximate surface area is 130 Å². The fraction of sp³-hybridized carbons (Fsp3) is 0.438. The van der Waals surface area contributed by atoms with Gasteiger partial charge in [0.1, 0.15) is 6.04 Å². The molecule has 0 bridgehead atoms. The Kier molecular flexibility index (Phi) is 7.08. The number of hydrogen-bond donors (Lipinski definition) is 2. The van der Waals surface area contributed by atoms with Gasteiger partial charge in [0.2, 0.25) is 0 Å². The van der Waals surface area contributed by atoms with Crippen molar-refractivity contribution in [3.63, 3.8) is 0 Å². The van der Waals surface area contributed by atoms with Gasteiger partial charge < -0.3 is 15.4 Å². The number of nitrogens with one attached hydrogen (secondary N) is 2. The lowest BCUT2D eigenvalue weighted by molar-refractivity contribution is -0.151. The van der Waals surface area contributed by atoms with E-state index in [1.807, 2.05) is 0 Å². The number of carbonyl (C=O) groups is 3. The Bertz CT molecular complexity index is 514. The summed E-state index contributed by atoms with van der Waals surface area (Å²) < 4.78 is 4.95. The van der Waals surface area contributed by atoms with Crippen molar-refractivity contribution in [1.29, 1.82) is 0 Å². The van der Waals surface area contributed by atoms with Gasteiger partial charge in [0, 0.05) is 12.1 Å². The van der Waals surface area contributed by atoms with E-state index < -0.39 is 12.0 Å². The highest BCUT2D eigenvalue weighted by Crippen LogP contribution is 2.06. The minimum Gasteiger partial charge on any atom is -0.454 e. The van der Waals surface area contributed by atoms with Crippen LogP contribution in [0.1, 0.15) is 31.1 Å². The molecule has 0 aliphatic rings. The molecule has 0 unspecified atom stereocenters. The Hall–Kier alpha value is -2.37. The van der Waals surface area contributed by atoms with Crippen molar-refractivity contribution in [2.24, 2.45) is 5.92 Å². The van der Waals surface area contributed by atoms with Crippen LogP contribution in [0.4, 0.5) is 0 Å². The number of amides is 2. The molecule has 2 amide bonds. The van der Waals surface area contributed by atoms with Crippen molar-refractivity contribution in [3.8, 4) is 0 Å². The zero-order valence-corrected chi connectivity index (χ0v) is 13.1. The first kappa shape index (κ1) is 17.7. The van der Waals surface area contributed by atoms with Crippen LogP contribution in [-0.2, 0) is 14.3 Å². The maximum Gasteiger partial charge on any atom is 0.329 e. The van der Waals surface area contributed by atoms with Crippen LogP contribution in [0.5, 0.6) is 0 Å². The second-order valence-corrected chi connectivity index (χ2v) is 5.12. The molecule has 22 heavy (non-hydrogen) atoms. The molecular weight excluding hydrogens is 284 g/mol. The van der Waals surface area contributed by atoms with E-state index in [4.69, 9.17) is 4.74 Å². The Balaban J connectivity index is 2.63. The largest absolute Gasteiger partial charge is 0.454 e. The van der Waals surface area contributed by atoms with Crippen molar-refractivity contribution in [1.82, 2.24) is 10.6 Å². The number of ether oxygens (including phenoxy) is 1. The van der Waals surface area contributed by atoms with E-state index in [2.05, 4.69) is 10.6 Å². The molecule has 0 aliphatic heterocycles. The van der Waals surface area contributed by atoms with Crippen LogP contribution in [0.3, 0.4) is 0 Å².